The molecule has 0 saturated heterocycles. The first-order valence-corrected chi connectivity index (χ1v) is 7.68. The molecule has 118 valence electrons. The number of fused-ring (bicyclic) bond motifs is 1. The molecular formula is C15H14N4O3S. The number of aromatic nitrogens is 3. The summed E-state index contributed by atoms with van der Waals surface area (Å²) in [6, 6.07) is 2.97. The van der Waals surface area contributed by atoms with Crippen LogP contribution in [0.4, 0.5) is 5.82 Å². The quantitative estimate of drug-likeness (QED) is 0.763. The van der Waals surface area contributed by atoms with E-state index < -0.39 is 5.91 Å². The topological polar surface area (TPSA) is 97.1 Å². The van der Waals surface area contributed by atoms with E-state index in [1.807, 2.05) is 13.8 Å². The van der Waals surface area contributed by atoms with Crippen LogP contribution in [0.1, 0.15) is 10.4 Å². The van der Waals surface area contributed by atoms with Crippen molar-refractivity contribution in [2.24, 2.45) is 0 Å². The van der Waals surface area contributed by atoms with Gasteiger partial charge in [-0.1, -0.05) is 0 Å². The highest BCUT2D eigenvalue weighted by Crippen LogP contribution is 2.25. The molecule has 2 N–H and O–H groups in total. The van der Waals surface area contributed by atoms with E-state index >= 15 is 0 Å². The van der Waals surface area contributed by atoms with Gasteiger partial charge in [0.05, 0.1) is 11.7 Å². The first-order chi connectivity index (χ1) is 11.0. The molecule has 0 aromatic carbocycles. The van der Waals surface area contributed by atoms with E-state index in [1.54, 1.807) is 6.07 Å². The molecular weight excluding hydrogens is 316 g/mol. The second-order valence-electron chi connectivity index (χ2n) is 5.06. The first-order valence-electron chi connectivity index (χ1n) is 6.86. The molecule has 0 aliphatic rings. The third kappa shape index (κ3) is 2.80. The van der Waals surface area contributed by atoms with E-state index in [0.29, 0.717) is 10.2 Å². The van der Waals surface area contributed by atoms with Crippen molar-refractivity contribution in [3.8, 4) is 5.75 Å². The standard InChI is InChI=1S/C15H14N4O3S/c1-8-9(2)23-14-12(8)15(22)19(7-17-14)6-11(21)18-13-10(20)4-3-5-16-13/h3-5,7,20H,6H2,1-2H3,(H,16,18,21). The Kier molecular flexibility index (Phi) is 3.83. The van der Waals surface area contributed by atoms with Gasteiger partial charge in [0.15, 0.2) is 11.6 Å². The summed E-state index contributed by atoms with van der Waals surface area (Å²) < 4.78 is 1.25. The fourth-order valence-corrected chi connectivity index (χ4v) is 3.19. The van der Waals surface area contributed by atoms with Crippen LogP contribution in [0, 0.1) is 13.8 Å². The van der Waals surface area contributed by atoms with Crippen molar-refractivity contribution in [3.63, 3.8) is 0 Å². The lowest BCUT2D eigenvalue weighted by molar-refractivity contribution is -0.116. The van der Waals surface area contributed by atoms with Crippen molar-refractivity contribution in [3.05, 3.63) is 45.5 Å². The number of pyridine rings is 1. The zero-order valence-corrected chi connectivity index (χ0v) is 13.3. The van der Waals surface area contributed by atoms with E-state index in [-0.39, 0.29) is 23.7 Å². The molecule has 23 heavy (non-hydrogen) atoms. The molecule has 0 fully saturated rings. The summed E-state index contributed by atoms with van der Waals surface area (Å²) in [7, 11) is 0. The molecule has 3 rings (SSSR count). The van der Waals surface area contributed by atoms with E-state index in [4.69, 9.17) is 0 Å². The molecule has 0 spiro atoms. The van der Waals surface area contributed by atoms with Gasteiger partial charge in [-0.05, 0) is 31.5 Å². The maximum atomic E-state index is 12.5. The summed E-state index contributed by atoms with van der Waals surface area (Å²) >= 11 is 1.46. The molecule has 0 bridgehead atoms. The molecule has 0 aliphatic carbocycles. The fourth-order valence-electron chi connectivity index (χ4n) is 2.20. The number of carbonyl (C=O) groups is 1. The van der Waals surface area contributed by atoms with Crippen LogP contribution in [-0.4, -0.2) is 25.5 Å². The minimum atomic E-state index is -0.466. The summed E-state index contributed by atoms with van der Waals surface area (Å²) in [6.45, 7) is 3.60. The van der Waals surface area contributed by atoms with Gasteiger partial charge in [0.25, 0.3) is 5.56 Å². The minimum absolute atomic E-state index is 0.0575. The van der Waals surface area contributed by atoms with Gasteiger partial charge >= 0.3 is 0 Å². The lowest BCUT2D eigenvalue weighted by Crippen LogP contribution is -2.28. The summed E-state index contributed by atoms with van der Waals surface area (Å²) in [4.78, 5) is 34.4. The molecule has 1 amide bonds. The third-order valence-electron chi connectivity index (χ3n) is 3.51. The summed E-state index contributed by atoms with van der Waals surface area (Å²) in [5.41, 5.74) is 0.636. The van der Waals surface area contributed by atoms with Crippen molar-refractivity contribution < 1.29 is 9.90 Å². The number of amides is 1. The monoisotopic (exact) mass is 330 g/mol. The average Bonchev–Trinajstić information content (AvgIpc) is 2.80. The molecule has 7 nitrogen and oxygen atoms in total. The second-order valence-corrected chi connectivity index (χ2v) is 6.26. The number of thiophene rings is 1. The second kappa shape index (κ2) is 5.81. The van der Waals surface area contributed by atoms with Gasteiger partial charge in [-0.25, -0.2) is 9.97 Å². The van der Waals surface area contributed by atoms with Crippen LogP contribution < -0.4 is 10.9 Å². The third-order valence-corrected chi connectivity index (χ3v) is 4.63. The Morgan fingerprint density at radius 1 is 1.39 bits per heavy atom. The highest BCUT2D eigenvalue weighted by molar-refractivity contribution is 7.18. The summed E-state index contributed by atoms with van der Waals surface area (Å²) in [6.07, 6.45) is 2.81. The number of hydrogen-bond donors (Lipinski definition) is 2. The van der Waals surface area contributed by atoms with Gasteiger partial charge in [-0.2, -0.15) is 0 Å². The Morgan fingerprint density at radius 3 is 2.91 bits per heavy atom. The van der Waals surface area contributed by atoms with E-state index in [1.165, 1.54) is 34.5 Å². The lowest BCUT2D eigenvalue weighted by atomic mass is 10.2. The number of rotatable bonds is 3. The molecule has 0 saturated carbocycles. The highest BCUT2D eigenvalue weighted by Gasteiger charge is 2.14. The molecule has 3 aromatic heterocycles. The number of nitrogens with zero attached hydrogens (tertiary/aromatic N) is 3. The van der Waals surface area contributed by atoms with Crippen LogP contribution in [0.25, 0.3) is 10.2 Å². The predicted molar refractivity (Wildman–Crippen MR) is 87.9 cm³/mol. The summed E-state index contributed by atoms with van der Waals surface area (Å²) in [5.74, 6) is -0.542. The van der Waals surface area contributed by atoms with Gasteiger partial charge in [-0.15, -0.1) is 11.3 Å². The zero-order chi connectivity index (χ0) is 16.6. The van der Waals surface area contributed by atoms with Crippen molar-refractivity contribution in [1.82, 2.24) is 14.5 Å². The Balaban J connectivity index is 1.88. The van der Waals surface area contributed by atoms with Gasteiger partial charge in [0, 0.05) is 11.1 Å². The van der Waals surface area contributed by atoms with Crippen LogP contribution in [0.2, 0.25) is 0 Å². The highest BCUT2D eigenvalue weighted by atomic mass is 32.1. The Bertz CT molecular complexity index is 961. The van der Waals surface area contributed by atoms with Crippen LogP contribution in [0.5, 0.6) is 5.75 Å². The van der Waals surface area contributed by atoms with Gasteiger partial charge < -0.3 is 10.4 Å². The largest absolute Gasteiger partial charge is 0.504 e. The van der Waals surface area contributed by atoms with Crippen molar-refractivity contribution in [1.29, 1.82) is 0 Å². The Morgan fingerprint density at radius 2 is 2.17 bits per heavy atom. The van der Waals surface area contributed by atoms with Gasteiger partial charge in [0.1, 0.15) is 11.4 Å². The maximum absolute atomic E-state index is 12.5. The van der Waals surface area contributed by atoms with Crippen molar-refractivity contribution in [2.75, 3.05) is 5.32 Å². The van der Waals surface area contributed by atoms with Crippen LogP contribution >= 0.6 is 11.3 Å². The number of nitrogens with one attached hydrogen (secondary N) is 1. The van der Waals surface area contributed by atoms with Crippen LogP contribution in [-0.2, 0) is 11.3 Å². The zero-order valence-electron chi connectivity index (χ0n) is 12.5. The predicted octanol–water partition coefficient (Wildman–Crippen LogP) is 1.81. The number of anilines is 1. The van der Waals surface area contributed by atoms with Gasteiger partial charge in [-0.3, -0.25) is 14.2 Å². The molecule has 3 aromatic rings. The Labute approximate surface area is 135 Å². The van der Waals surface area contributed by atoms with E-state index in [2.05, 4.69) is 15.3 Å². The van der Waals surface area contributed by atoms with Crippen LogP contribution in [0.15, 0.2) is 29.5 Å². The smallest absolute Gasteiger partial charge is 0.262 e. The fraction of sp³-hybridized carbons (Fsp3) is 0.200. The molecule has 0 radical (unpaired) electrons. The molecule has 3 heterocycles. The summed E-state index contributed by atoms with van der Waals surface area (Å²) in [5, 5.41) is 12.6. The number of carbonyl (C=O) groups excluding carboxylic acids is 1. The molecule has 0 aliphatic heterocycles. The minimum Gasteiger partial charge on any atom is -0.504 e. The van der Waals surface area contributed by atoms with Gasteiger partial charge in [0.2, 0.25) is 5.91 Å². The average molecular weight is 330 g/mol. The van der Waals surface area contributed by atoms with E-state index in [0.717, 1.165) is 10.4 Å². The van der Waals surface area contributed by atoms with Crippen LogP contribution in [0.3, 0.4) is 0 Å². The molecule has 8 heteroatoms. The number of hydrogen-bond acceptors (Lipinski definition) is 6. The normalized spacial score (nSPS) is 10.9. The lowest BCUT2D eigenvalue weighted by Gasteiger charge is -2.07. The Hall–Kier alpha value is -2.74. The van der Waals surface area contributed by atoms with Crippen molar-refractivity contribution >= 4 is 33.3 Å². The SMILES string of the molecule is Cc1sc2ncn(CC(=O)Nc3ncccc3O)c(=O)c2c1C. The van der Waals surface area contributed by atoms with E-state index in [9.17, 15) is 14.7 Å². The molecule has 0 atom stereocenters. The number of aryl methyl sites for hydroxylation is 2. The first kappa shape index (κ1) is 15.2. The molecule has 0 unspecified atom stereocenters. The van der Waals surface area contributed by atoms with Crippen molar-refractivity contribution in [2.45, 2.75) is 20.4 Å². The number of aromatic hydroxyl groups is 1. The maximum Gasteiger partial charge on any atom is 0.262 e.